The first-order chi connectivity index (χ1) is 8.68. The van der Waals surface area contributed by atoms with E-state index in [0.29, 0.717) is 12.1 Å². The first-order valence-electron chi connectivity index (χ1n) is 5.10. The minimum atomic E-state index is -4.88. The molecule has 106 valence electrons. The molecule has 0 amide bonds. The van der Waals surface area contributed by atoms with Gasteiger partial charge in [0, 0.05) is 12.6 Å². The molecule has 4 N–H and O–H groups in total. The number of nitrogens with zero attached hydrogens (tertiary/aromatic N) is 1. The van der Waals surface area contributed by atoms with Crippen molar-refractivity contribution in [1.82, 2.24) is 0 Å². The van der Waals surface area contributed by atoms with Gasteiger partial charge in [-0.1, -0.05) is 6.07 Å². The van der Waals surface area contributed by atoms with Crippen molar-refractivity contribution in [1.29, 1.82) is 0 Å². The van der Waals surface area contributed by atoms with Crippen molar-refractivity contribution in [3.63, 3.8) is 0 Å². The third-order valence-electron chi connectivity index (χ3n) is 2.47. The number of nitro benzene ring substituents is 1. The lowest BCUT2D eigenvalue weighted by Gasteiger charge is -2.17. The van der Waals surface area contributed by atoms with Crippen LogP contribution in [0.15, 0.2) is 18.2 Å². The smallest absolute Gasteiger partial charge is 0.389 e. The summed E-state index contributed by atoms with van der Waals surface area (Å²) in [7, 11) is 0. The molecule has 0 aliphatic rings. The predicted octanol–water partition coefficient (Wildman–Crippen LogP) is 0.967. The van der Waals surface area contributed by atoms with Crippen molar-refractivity contribution < 1.29 is 28.3 Å². The number of alkyl halides is 3. The Bertz CT molecular complexity index is 478. The monoisotopic (exact) mass is 280 g/mol. The van der Waals surface area contributed by atoms with Gasteiger partial charge in [0.1, 0.15) is 11.7 Å². The fourth-order valence-electron chi connectivity index (χ4n) is 1.47. The molecule has 1 aromatic carbocycles. The predicted molar refractivity (Wildman–Crippen MR) is 58.1 cm³/mol. The van der Waals surface area contributed by atoms with Gasteiger partial charge in [-0.05, 0) is 11.6 Å². The molecule has 0 fully saturated rings. The second kappa shape index (κ2) is 5.51. The standard InChI is InChI=1S/C10H11F3N2O4/c11-10(12,13)6-2-1-5(3-7(6)15(18)19)9(17)8(16)4-14/h1-3,8-9,16-17H,4,14H2. The lowest BCUT2D eigenvalue weighted by Crippen LogP contribution is -2.27. The van der Waals surface area contributed by atoms with Gasteiger partial charge < -0.3 is 15.9 Å². The summed E-state index contributed by atoms with van der Waals surface area (Å²) in [5.74, 6) is 0. The second-order valence-electron chi connectivity index (χ2n) is 3.78. The topological polar surface area (TPSA) is 110 Å². The molecule has 0 heterocycles. The minimum Gasteiger partial charge on any atom is -0.389 e. The van der Waals surface area contributed by atoms with E-state index in [0.717, 1.165) is 6.07 Å². The normalized spacial score (nSPS) is 15.1. The van der Waals surface area contributed by atoms with Crippen LogP contribution in [0, 0.1) is 10.1 Å². The number of rotatable bonds is 4. The molecule has 0 saturated carbocycles. The number of aliphatic hydroxyl groups excluding tert-OH is 2. The Morgan fingerprint density at radius 2 is 1.95 bits per heavy atom. The van der Waals surface area contributed by atoms with Gasteiger partial charge >= 0.3 is 6.18 Å². The van der Waals surface area contributed by atoms with Crippen LogP contribution >= 0.6 is 0 Å². The van der Waals surface area contributed by atoms with Gasteiger partial charge in [0.05, 0.1) is 11.0 Å². The summed E-state index contributed by atoms with van der Waals surface area (Å²) in [6.45, 7) is -0.337. The summed E-state index contributed by atoms with van der Waals surface area (Å²) in [5.41, 5.74) is 2.27. The lowest BCUT2D eigenvalue weighted by atomic mass is 10.0. The molecular weight excluding hydrogens is 269 g/mol. The van der Waals surface area contributed by atoms with Crippen LogP contribution in [0.3, 0.4) is 0 Å². The van der Waals surface area contributed by atoms with Crippen LogP contribution in [0.1, 0.15) is 17.2 Å². The van der Waals surface area contributed by atoms with Crippen molar-refractivity contribution in [3.8, 4) is 0 Å². The largest absolute Gasteiger partial charge is 0.422 e. The number of benzene rings is 1. The molecule has 0 bridgehead atoms. The van der Waals surface area contributed by atoms with Crippen LogP contribution in [0.2, 0.25) is 0 Å². The molecular formula is C10H11F3N2O4. The number of hydrogen-bond donors (Lipinski definition) is 3. The quantitative estimate of drug-likeness (QED) is 0.562. The summed E-state index contributed by atoms with van der Waals surface area (Å²) < 4.78 is 37.6. The number of nitro groups is 1. The van der Waals surface area contributed by atoms with E-state index in [1.807, 2.05) is 0 Å². The van der Waals surface area contributed by atoms with Gasteiger partial charge in [0.2, 0.25) is 0 Å². The molecule has 2 unspecified atom stereocenters. The number of hydrogen-bond acceptors (Lipinski definition) is 5. The number of nitrogens with two attached hydrogens (primary N) is 1. The van der Waals surface area contributed by atoms with Gasteiger partial charge in [-0.25, -0.2) is 0 Å². The van der Waals surface area contributed by atoms with Gasteiger partial charge in [-0.2, -0.15) is 13.2 Å². The Balaban J connectivity index is 3.28. The number of aliphatic hydroxyl groups is 2. The maximum Gasteiger partial charge on any atom is 0.422 e. The summed E-state index contributed by atoms with van der Waals surface area (Å²) in [6.07, 6.45) is -7.89. The van der Waals surface area contributed by atoms with Crippen molar-refractivity contribution in [2.45, 2.75) is 18.4 Å². The molecule has 0 saturated heterocycles. The average molecular weight is 280 g/mol. The fourth-order valence-corrected chi connectivity index (χ4v) is 1.47. The Hall–Kier alpha value is -1.71. The van der Waals surface area contributed by atoms with E-state index in [2.05, 4.69) is 0 Å². The zero-order valence-corrected chi connectivity index (χ0v) is 9.46. The van der Waals surface area contributed by atoms with E-state index >= 15 is 0 Å². The number of halogens is 3. The zero-order valence-electron chi connectivity index (χ0n) is 9.46. The first-order valence-corrected chi connectivity index (χ1v) is 5.10. The summed E-state index contributed by atoms with van der Waals surface area (Å²) >= 11 is 0. The molecule has 19 heavy (non-hydrogen) atoms. The Labute approximate surface area is 105 Å². The highest BCUT2D eigenvalue weighted by Gasteiger charge is 2.38. The van der Waals surface area contributed by atoms with Gasteiger partial charge in [0.15, 0.2) is 0 Å². The van der Waals surface area contributed by atoms with Crippen LogP contribution in [0.5, 0.6) is 0 Å². The van der Waals surface area contributed by atoms with Crippen LogP contribution in [-0.4, -0.2) is 27.8 Å². The first kappa shape index (κ1) is 15.3. The zero-order chi connectivity index (χ0) is 14.8. The molecule has 0 aliphatic heterocycles. The molecule has 9 heteroatoms. The minimum absolute atomic E-state index is 0.211. The fraction of sp³-hybridized carbons (Fsp3) is 0.400. The van der Waals surface area contributed by atoms with Crippen LogP contribution in [-0.2, 0) is 6.18 Å². The molecule has 0 radical (unpaired) electrons. The Kier molecular flexibility index (Phi) is 4.45. The van der Waals surface area contributed by atoms with Crippen molar-refractivity contribution in [3.05, 3.63) is 39.4 Å². The van der Waals surface area contributed by atoms with E-state index in [4.69, 9.17) is 5.73 Å². The Morgan fingerprint density at radius 1 is 1.37 bits per heavy atom. The second-order valence-corrected chi connectivity index (χ2v) is 3.78. The molecule has 2 atom stereocenters. The summed E-state index contributed by atoms with van der Waals surface area (Å²) in [5, 5.41) is 29.4. The van der Waals surface area contributed by atoms with Gasteiger partial charge in [-0.3, -0.25) is 10.1 Å². The highest BCUT2D eigenvalue weighted by atomic mass is 19.4. The molecule has 0 spiro atoms. The van der Waals surface area contributed by atoms with E-state index in [1.54, 1.807) is 0 Å². The van der Waals surface area contributed by atoms with E-state index in [9.17, 15) is 33.5 Å². The molecule has 1 rings (SSSR count). The van der Waals surface area contributed by atoms with Crippen molar-refractivity contribution >= 4 is 5.69 Å². The molecule has 0 aliphatic carbocycles. The molecule has 6 nitrogen and oxygen atoms in total. The van der Waals surface area contributed by atoms with E-state index in [-0.39, 0.29) is 12.1 Å². The van der Waals surface area contributed by atoms with Crippen molar-refractivity contribution in [2.75, 3.05) is 6.54 Å². The highest BCUT2D eigenvalue weighted by molar-refractivity contribution is 5.45. The summed E-state index contributed by atoms with van der Waals surface area (Å²) in [4.78, 5) is 9.42. The van der Waals surface area contributed by atoms with Crippen LogP contribution < -0.4 is 5.73 Å². The Morgan fingerprint density at radius 3 is 2.37 bits per heavy atom. The SMILES string of the molecule is NCC(O)C(O)c1ccc(C(F)(F)F)c([N+](=O)[O-])c1. The van der Waals surface area contributed by atoms with Gasteiger partial charge in [-0.15, -0.1) is 0 Å². The van der Waals surface area contributed by atoms with Gasteiger partial charge in [0.25, 0.3) is 5.69 Å². The van der Waals surface area contributed by atoms with Crippen molar-refractivity contribution in [2.24, 2.45) is 5.73 Å². The van der Waals surface area contributed by atoms with E-state index < -0.39 is 34.6 Å². The molecule has 0 aromatic heterocycles. The summed E-state index contributed by atoms with van der Waals surface area (Å²) in [6, 6.07) is 1.92. The maximum atomic E-state index is 12.5. The van der Waals surface area contributed by atoms with Crippen LogP contribution in [0.25, 0.3) is 0 Å². The third-order valence-corrected chi connectivity index (χ3v) is 2.47. The lowest BCUT2D eigenvalue weighted by molar-refractivity contribution is -0.388. The molecule has 1 aromatic rings. The third kappa shape index (κ3) is 3.40. The van der Waals surface area contributed by atoms with E-state index in [1.165, 1.54) is 0 Å². The average Bonchev–Trinajstić information content (AvgIpc) is 2.35. The highest BCUT2D eigenvalue weighted by Crippen LogP contribution is 2.37. The van der Waals surface area contributed by atoms with Crippen LogP contribution in [0.4, 0.5) is 18.9 Å². The maximum absolute atomic E-state index is 12.5.